The van der Waals surface area contributed by atoms with E-state index < -0.39 is 5.60 Å². The highest BCUT2D eigenvalue weighted by molar-refractivity contribution is 5.74. The number of hydrogen-bond donors (Lipinski definition) is 2. The molecular weight excluding hydrogens is 428 g/mol. The third-order valence-corrected chi connectivity index (χ3v) is 6.92. The number of fused-ring (bicyclic) bond motifs is 2. The molecule has 0 aliphatic carbocycles. The van der Waals surface area contributed by atoms with Gasteiger partial charge in [-0.1, -0.05) is 24.3 Å². The highest BCUT2D eigenvalue weighted by Crippen LogP contribution is 2.41. The van der Waals surface area contributed by atoms with Gasteiger partial charge in [-0.15, -0.1) is 0 Å². The molecule has 2 aliphatic heterocycles. The number of hydrogen-bond acceptors (Lipinski definition) is 6. The lowest BCUT2D eigenvalue weighted by Gasteiger charge is -2.38. The molecule has 6 nitrogen and oxygen atoms in total. The van der Waals surface area contributed by atoms with Gasteiger partial charge in [0.1, 0.15) is 17.2 Å². The molecule has 0 unspecified atom stereocenters. The molecule has 3 aromatic rings. The van der Waals surface area contributed by atoms with Crippen LogP contribution >= 0.6 is 0 Å². The lowest BCUT2D eigenvalue weighted by atomic mass is 9.84. The van der Waals surface area contributed by atoms with E-state index in [2.05, 4.69) is 22.0 Å². The summed E-state index contributed by atoms with van der Waals surface area (Å²) >= 11 is 0. The Hall–Kier alpha value is -3.35. The molecule has 0 radical (unpaired) electrons. The molecule has 6 heteroatoms. The summed E-state index contributed by atoms with van der Waals surface area (Å²) in [6, 6.07) is 16.8. The van der Waals surface area contributed by atoms with Gasteiger partial charge in [0, 0.05) is 43.4 Å². The Morgan fingerprint density at radius 3 is 2.65 bits per heavy atom. The summed E-state index contributed by atoms with van der Waals surface area (Å²) in [7, 11) is 1.69. The van der Waals surface area contributed by atoms with Gasteiger partial charge < -0.3 is 24.6 Å². The average Bonchev–Trinajstić information content (AvgIpc) is 3.02. The van der Waals surface area contributed by atoms with Crippen molar-refractivity contribution in [1.82, 2.24) is 9.88 Å². The molecule has 34 heavy (non-hydrogen) atoms. The molecule has 176 valence electrons. The second-order valence-electron chi connectivity index (χ2n) is 9.01. The van der Waals surface area contributed by atoms with E-state index >= 15 is 0 Å². The van der Waals surface area contributed by atoms with Crippen LogP contribution in [-0.2, 0) is 12.0 Å². The minimum atomic E-state index is -0.827. The van der Waals surface area contributed by atoms with E-state index in [1.807, 2.05) is 36.4 Å². The lowest BCUT2D eigenvalue weighted by Crippen LogP contribution is -2.42. The molecule has 3 heterocycles. The Balaban J connectivity index is 1.28. The van der Waals surface area contributed by atoms with Gasteiger partial charge in [-0.05, 0) is 66.8 Å². The largest absolute Gasteiger partial charge is 0.508 e. The number of nitrogens with zero attached hydrogens (tertiary/aromatic N) is 2. The number of likely N-dealkylation sites (tertiary alicyclic amines) is 1. The smallest absolute Gasteiger partial charge is 0.226 e. The second-order valence-corrected chi connectivity index (χ2v) is 9.01. The average molecular weight is 459 g/mol. The second kappa shape index (κ2) is 9.49. The molecule has 2 aliphatic rings. The zero-order valence-electron chi connectivity index (χ0n) is 19.4. The molecule has 1 saturated heterocycles. The Morgan fingerprint density at radius 2 is 1.88 bits per heavy atom. The molecule has 0 saturated carbocycles. The van der Waals surface area contributed by atoms with Gasteiger partial charge in [0.15, 0.2) is 0 Å². The number of piperidine rings is 1. The number of phenols is 1. The van der Waals surface area contributed by atoms with Crippen molar-refractivity contribution in [3.05, 3.63) is 83.6 Å². The molecule has 0 amide bonds. The number of rotatable bonds is 5. The number of benzene rings is 2. The molecule has 5 rings (SSSR count). The molecule has 1 aromatic heterocycles. The van der Waals surface area contributed by atoms with Gasteiger partial charge >= 0.3 is 0 Å². The van der Waals surface area contributed by atoms with Crippen LogP contribution in [0.3, 0.4) is 0 Å². The van der Waals surface area contributed by atoms with Gasteiger partial charge in [-0.2, -0.15) is 0 Å². The topological polar surface area (TPSA) is 75.1 Å². The van der Waals surface area contributed by atoms with Gasteiger partial charge in [0.25, 0.3) is 0 Å². The normalized spacial score (nSPS) is 18.5. The van der Waals surface area contributed by atoms with E-state index in [9.17, 15) is 10.2 Å². The van der Waals surface area contributed by atoms with Crippen LogP contribution in [0.5, 0.6) is 23.1 Å². The third kappa shape index (κ3) is 4.52. The fourth-order valence-corrected chi connectivity index (χ4v) is 4.92. The number of methoxy groups -OCH3 is 1. The van der Waals surface area contributed by atoms with Crippen molar-refractivity contribution >= 4 is 5.57 Å². The van der Waals surface area contributed by atoms with Crippen LogP contribution in [0.4, 0.5) is 0 Å². The first kappa shape index (κ1) is 22.4. The first-order valence-electron chi connectivity index (χ1n) is 11.8. The van der Waals surface area contributed by atoms with Crippen LogP contribution in [0.1, 0.15) is 36.0 Å². The van der Waals surface area contributed by atoms with Crippen LogP contribution in [-0.4, -0.2) is 46.8 Å². The van der Waals surface area contributed by atoms with E-state index in [1.54, 1.807) is 25.4 Å². The molecule has 1 fully saturated rings. The van der Waals surface area contributed by atoms with Crippen molar-refractivity contribution in [2.24, 2.45) is 0 Å². The highest BCUT2D eigenvalue weighted by Gasteiger charge is 2.33. The fraction of sp³-hybridized carbons (Fsp3) is 0.321. The molecule has 2 N–H and O–H groups in total. The van der Waals surface area contributed by atoms with Crippen LogP contribution < -0.4 is 9.47 Å². The van der Waals surface area contributed by atoms with Crippen LogP contribution in [0.2, 0.25) is 0 Å². The number of aliphatic hydroxyl groups is 1. The monoisotopic (exact) mass is 458 g/mol. The summed E-state index contributed by atoms with van der Waals surface area (Å²) in [6.45, 7) is 2.58. The maximum atomic E-state index is 11.1. The summed E-state index contributed by atoms with van der Waals surface area (Å²) in [5.41, 5.74) is 3.28. The van der Waals surface area contributed by atoms with E-state index in [1.165, 1.54) is 5.57 Å². The quantitative estimate of drug-likeness (QED) is 0.566. The van der Waals surface area contributed by atoms with Crippen molar-refractivity contribution in [2.75, 3.05) is 26.7 Å². The minimum absolute atomic E-state index is 0.221. The zero-order chi connectivity index (χ0) is 23.5. The third-order valence-electron chi connectivity index (χ3n) is 6.92. The van der Waals surface area contributed by atoms with Gasteiger partial charge in [-0.25, -0.2) is 4.98 Å². The fourth-order valence-electron chi connectivity index (χ4n) is 4.92. The van der Waals surface area contributed by atoms with Gasteiger partial charge in [-0.3, -0.25) is 0 Å². The van der Waals surface area contributed by atoms with Gasteiger partial charge in [0.05, 0.1) is 12.7 Å². The summed E-state index contributed by atoms with van der Waals surface area (Å²) < 4.78 is 11.8. The molecule has 0 atom stereocenters. The van der Waals surface area contributed by atoms with Crippen molar-refractivity contribution in [3.63, 3.8) is 0 Å². The number of pyridine rings is 1. The number of allylic oxidation sites excluding steroid dienone is 1. The first-order valence-corrected chi connectivity index (χ1v) is 11.8. The summed E-state index contributed by atoms with van der Waals surface area (Å²) in [4.78, 5) is 6.87. The van der Waals surface area contributed by atoms with Crippen LogP contribution in [0, 0.1) is 0 Å². The Kier molecular flexibility index (Phi) is 6.26. The predicted octanol–water partition coefficient (Wildman–Crippen LogP) is 4.90. The minimum Gasteiger partial charge on any atom is -0.508 e. The van der Waals surface area contributed by atoms with Crippen LogP contribution in [0.15, 0.2) is 66.9 Å². The van der Waals surface area contributed by atoms with E-state index in [0.717, 1.165) is 60.7 Å². The number of aromatic hydroxyl groups is 1. The van der Waals surface area contributed by atoms with Crippen molar-refractivity contribution in [1.29, 1.82) is 0 Å². The van der Waals surface area contributed by atoms with Crippen molar-refractivity contribution < 1.29 is 19.7 Å². The summed E-state index contributed by atoms with van der Waals surface area (Å²) in [5.74, 6) is 2.45. The predicted molar refractivity (Wildman–Crippen MR) is 131 cm³/mol. The zero-order valence-corrected chi connectivity index (χ0v) is 19.4. The first-order chi connectivity index (χ1) is 16.6. The standard InChI is InChI=1S/C28H30N2O4/c1-33-25-7-2-8-26-24(25)19-20(23-6-3-15-29-27(23)34-26)5-4-16-30-17-13-28(32,14-18-30)21-9-11-22(31)12-10-21/h2-3,5-12,15,31-32H,4,13-14,16-19H2,1H3. The highest BCUT2D eigenvalue weighted by atomic mass is 16.5. The summed E-state index contributed by atoms with van der Waals surface area (Å²) in [6.07, 6.45) is 7.01. The Labute approximate surface area is 200 Å². The molecular formula is C28H30N2O4. The SMILES string of the molecule is COc1cccc2c1CC(=CCCN1CCC(O)(c3ccc(O)cc3)CC1)c1cccnc1O2. The Morgan fingerprint density at radius 1 is 1.09 bits per heavy atom. The molecule has 0 bridgehead atoms. The van der Waals surface area contributed by atoms with Crippen LogP contribution in [0.25, 0.3) is 5.57 Å². The molecule has 2 aromatic carbocycles. The number of phenolic OH excluding ortho intramolecular Hbond substituents is 1. The van der Waals surface area contributed by atoms with E-state index in [0.29, 0.717) is 18.7 Å². The number of aromatic nitrogens is 1. The Bertz CT molecular complexity index is 1180. The maximum Gasteiger partial charge on any atom is 0.226 e. The maximum absolute atomic E-state index is 11.1. The van der Waals surface area contributed by atoms with Crippen molar-refractivity contribution in [2.45, 2.75) is 31.3 Å². The number of ether oxygens (including phenoxy) is 2. The van der Waals surface area contributed by atoms with E-state index in [-0.39, 0.29) is 5.75 Å². The molecule has 0 spiro atoms. The van der Waals surface area contributed by atoms with Gasteiger partial charge in [0.2, 0.25) is 5.88 Å². The lowest BCUT2D eigenvalue weighted by molar-refractivity contribution is -0.0254. The summed E-state index contributed by atoms with van der Waals surface area (Å²) in [5, 5.41) is 20.6. The van der Waals surface area contributed by atoms with Crippen molar-refractivity contribution in [3.8, 4) is 23.1 Å². The van der Waals surface area contributed by atoms with E-state index in [4.69, 9.17) is 9.47 Å².